The summed E-state index contributed by atoms with van der Waals surface area (Å²) in [4.78, 5) is 13.9. The fourth-order valence-electron chi connectivity index (χ4n) is 2.31. The van der Waals surface area contributed by atoms with Gasteiger partial charge in [0.15, 0.2) is 0 Å². The van der Waals surface area contributed by atoms with Crippen molar-refractivity contribution in [1.82, 2.24) is 10.1 Å². The summed E-state index contributed by atoms with van der Waals surface area (Å²) in [5.74, 6) is 0.862. The van der Waals surface area contributed by atoms with Crippen molar-refractivity contribution in [2.45, 2.75) is 33.2 Å². The van der Waals surface area contributed by atoms with Crippen LogP contribution >= 0.6 is 0 Å². The summed E-state index contributed by atoms with van der Waals surface area (Å²) < 4.78 is 10.1. The second kappa shape index (κ2) is 6.00. The Morgan fingerprint density at radius 3 is 2.83 bits per heavy atom. The number of esters is 1. The molecule has 1 aromatic heterocycles. The van der Waals surface area contributed by atoms with Crippen molar-refractivity contribution in [2.75, 3.05) is 19.7 Å². The SMILES string of the molecule is CCOC(=O)C1CCN(Cc2cc(C)on2)CC1. The Morgan fingerprint density at radius 1 is 1.56 bits per heavy atom. The van der Waals surface area contributed by atoms with Gasteiger partial charge < -0.3 is 9.26 Å². The lowest BCUT2D eigenvalue weighted by molar-refractivity contribution is -0.149. The van der Waals surface area contributed by atoms with Crippen LogP contribution in [0.25, 0.3) is 0 Å². The highest BCUT2D eigenvalue weighted by atomic mass is 16.5. The van der Waals surface area contributed by atoms with Crippen LogP contribution in [0, 0.1) is 12.8 Å². The maximum atomic E-state index is 11.6. The molecule has 1 aliphatic rings. The summed E-state index contributed by atoms with van der Waals surface area (Å²) in [6.45, 7) is 6.83. The van der Waals surface area contributed by atoms with Crippen LogP contribution in [0.4, 0.5) is 0 Å². The smallest absolute Gasteiger partial charge is 0.309 e. The number of hydrogen-bond donors (Lipinski definition) is 0. The Bertz CT molecular complexity index is 395. The van der Waals surface area contributed by atoms with E-state index in [0.717, 1.165) is 43.9 Å². The van der Waals surface area contributed by atoms with Crippen LogP contribution in [0.1, 0.15) is 31.2 Å². The van der Waals surface area contributed by atoms with E-state index in [1.165, 1.54) is 0 Å². The summed E-state index contributed by atoms with van der Waals surface area (Å²) in [6.07, 6.45) is 1.74. The molecule has 18 heavy (non-hydrogen) atoms. The van der Waals surface area contributed by atoms with Gasteiger partial charge in [0.2, 0.25) is 0 Å². The zero-order valence-electron chi connectivity index (χ0n) is 11.0. The molecule has 0 spiro atoms. The lowest BCUT2D eigenvalue weighted by Crippen LogP contribution is -2.36. The van der Waals surface area contributed by atoms with E-state index in [9.17, 15) is 4.79 Å². The van der Waals surface area contributed by atoms with E-state index in [1.807, 2.05) is 19.9 Å². The molecule has 1 aromatic rings. The van der Waals surface area contributed by atoms with Gasteiger partial charge in [-0.25, -0.2) is 0 Å². The topological polar surface area (TPSA) is 55.6 Å². The Labute approximate surface area is 107 Å². The first-order valence-electron chi connectivity index (χ1n) is 6.50. The molecule has 0 unspecified atom stereocenters. The van der Waals surface area contributed by atoms with Crippen molar-refractivity contribution in [3.63, 3.8) is 0 Å². The molecular weight excluding hydrogens is 232 g/mol. The Morgan fingerprint density at radius 2 is 2.28 bits per heavy atom. The van der Waals surface area contributed by atoms with Crippen molar-refractivity contribution in [3.8, 4) is 0 Å². The molecule has 0 aliphatic carbocycles. The van der Waals surface area contributed by atoms with Gasteiger partial charge in [0.1, 0.15) is 5.76 Å². The van der Waals surface area contributed by atoms with Crippen molar-refractivity contribution in [3.05, 3.63) is 17.5 Å². The minimum absolute atomic E-state index is 0.0468. The van der Waals surface area contributed by atoms with Crippen LogP contribution in [-0.4, -0.2) is 35.7 Å². The highest BCUT2D eigenvalue weighted by Gasteiger charge is 2.26. The molecule has 0 radical (unpaired) electrons. The zero-order chi connectivity index (χ0) is 13.0. The van der Waals surface area contributed by atoms with Gasteiger partial charge in [-0.2, -0.15) is 0 Å². The van der Waals surface area contributed by atoms with Crippen LogP contribution in [0.15, 0.2) is 10.6 Å². The number of hydrogen-bond acceptors (Lipinski definition) is 5. The minimum Gasteiger partial charge on any atom is -0.466 e. The number of nitrogens with zero attached hydrogens (tertiary/aromatic N) is 2. The van der Waals surface area contributed by atoms with E-state index in [2.05, 4.69) is 10.1 Å². The molecule has 2 heterocycles. The second-order valence-electron chi connectivity index (χ2n) is 4.73. The van der Waals surface area contributed by atoms with Crippen molar-refractivity contribution in [2.24, 2.45) is 5.92 Å². The highest BCUT2D eigenvalue weighted by molar-refractivity contribution is 5.72. The molecule has 5 heteroatoms. The summed E-state index contributed by atoms with van der Waals surface area (Å²) in [6, 6.07) is 1.96. The number of rotatable bonds is 4. The Kier molecular flexibility index (Phi) is 4.36. The van der Waals surface area contributed by atoms with Gasteiger partial charge in [0.05, 0.1) is 18.2 Å². The van der Waals surface area contributed by atoms with Crippen LogP contribution < -0.4 is 0 Å². The fourth-order valence-corrected chi connectivity index (χ4v) is 2.31. The summed E-state index contributed by atoms with van der Waals surface area (Å²) >= 11 is 0. The molecule has 1 aliphatic heterocycles. The molecule has 5 nitrogen and oxygen atoms in total. The van der Waals surface area contributed by atoms with E-state index in [1.54, 1.807) is 0 Å². The first-order valence-corrected chi connectivity index (χ1v) is 6.50. The number of carbonyl (C=O) groups excluding carboxylic acids is 1. The quantitative estimate of drug-likeness (QED) is 0.764. The van der Waals surface area contributed by atoms with Gasteiger partial charge in [-0.3, -0.25) is 9.69 Å². The van der Waals surface area contributed by atoms with Gasteiger partial charge in [-0.1, -0.05) is 5.16 Å². The average molecular weight is 252 g/mol. The lowest BCUT2D eigenvalue weighted by atomic mass is 9.97. The van der Waals surface area contributed by atoms with Crippen LogP contribution in [0.2, 0.25) is 0 Å². The predicted octanol–water partition coefficient (Wildman–Crippen LogP) is 1.76. The summed E-state index contributed by atoms with van der Waals surface area (Å²) in [5.41, 5.74) is 0.960. The van der Waals surface area contributed by atoms with Crippen molar-refractivity contribution < 1.29 is 14.1 Å². The van der Waals surface area contributed by atoms with Crippen LogP contribution in [0.3, 0.4) is 0 Å². The van der Waals surface area contributed by atoms with Crippen molar-refractivity contribution in [1.29, 1.82) is 0 Å². The van der Waals surface area contributed by atoms with Crippen LogP contribution in [-0.2, 0) is 16.1 Å². The molecule has 1 saturated heterocycles. The third kappa shape index (κ3) is 3.32. The van der Waals surface area contributed by atoms with E-state index in [-0.39, 0.29) is 11.9 Å². The standard InChI is InChI=1S/C13H20N2O3/c1-3-17-13(16)11-4-6-15(7-5-11)9-12-8-10(2)18-14-12/h8,11H,3-7,9H2,1-2H3. The van der Waals surface area contributed by atoms with E-state index < -0.39 is 0 Å². The van der Waals surface area contributed by atoms with Gasteiger partial charge >= 0.3 is 5.97 Å². The molecule has 0 N–H and O–H groups in total. The zero-order valence-corrected chi connectivity index (χ0v) is 11.0. The van der Waals surface area contributed by atoms with Gasteiger partial charge in [-0.05, 0) is 39.8 Å². The highest BCUT2D eigenvalue weighted by Crippen LogP contribution is 2.20. The largest absolute Gasteiger partial charge is 0.466 e. The first-order chi connectivity index (χ1) is 8.69. The normalized spacial score (nSPS) is 17.9. The van der Waals surface area contributed by atoms with Gasteiger partial charge in [0.25, 0.3) is 0 Å². The average Bonchev–Trinajstić information content (AvgIpc) is 2.76. The molecule has 100 valence electrons. The number of aromatic nitrogens is 1. The fraction of sp³-hybridized carbons (Fsp3) is 0.692. The van der Waals surface area contributed by atoms with E-state index >= 15 is 0 Å². The summed E-state index contributed by atoms with van der Waals surface area (Å²) in [5, 5.41) is 3.99. The Hall–Kier alpha value is -1.36. The van der Waals surface area contributed by atoms with Crippen molar-refractivity contribution >= 4 is 5.97 Å². The minimum atomic E-state index is -0.0468. The Balaban J connectivity index is 1.78. The number of ether oxygens (including phenoxy) is 1. The number of likely N-dealkylation sites (tertiary alicyclic amines) is 1. The third-order valence-electron chi connectivity index (χ3n) is 3.27. The van der Waals surface area contributed by atoms with Gasteiger partial charge in [-0.15, -0.1) is 0 Å². The monoisotopic (exact) mass is 252 g/mol. The molecular formula is C13H20N2O3. The lowest BCUT2D eigenvalue weighted by Gasteiger charge is -2.29. The van der Waals surface area contributed by atoms with E-state index in [4.69, 9.17) is 9.26 Å². The number of aryl methyl sites for hydroxylation is 1. The summed E-state index contributed by atoms with van der Waals surface area (Å²) in [7, 11) is 0. The predicted molar refractivity (Wildman–Crippen MR) is 65.9 cm³/mol. The molecule has 0 atom stereocenters. The number of piperidine rings is 1. The maximum absolute atomic E-state index is 11.6. The molecule has 1 fully saturated rings. The molecule has 0 amide bonds. The third-order valence-corrected chi connectivity index (χ3v) is 3.27. The molecule has 0 saturated carbocycles. The van der Waals surface area contributed by atoms with E-state index in [0.29, 0.717) is 6.61 Å². The molecule has 0 aromatic carbocycles. The maximum Gasteiger partial charge on any atom is 0.309 e. The van der Waals surface area contributed by atoms with Crippen LogP contribution in [0.5, 0.6) is 0 Å². The molecule has 2 rings (SSSR count). The first kappa shape index (κ1) is 13.1. The number of carbonyl (C=O) groups is 1. The second-order valence-corrected chi connectivity index (χ2v) is 4.73. The molecule has 0 bridgehead atoms. The van der Waals surface area contributed by atoms with Gasteiger partial charge in [0, 0.05) is 12.6 Å².